The molecule has 4 aliphatic carbocycles. The first kappa shape index (κ1) is 19.4. The molecule has 4 fully saturated rings. The van der Waals surface area contributed by atoms with Crippen LogP contribution in [0.2, 0.25) is 0 Å². The molecule has 0 aromatic rings. The first-order chi connectivity index (χ1) is 12.5. The van der Waals surface area contributed by atoms with Crippen LogP contribution in [0.15, 0.2) is 0 Å². The highest BCUT2D eigenvalue weighted by molar-refractivity contribution is 5.88. The van der Waals surface area contributed by atoms with Gasteiger partial charge >= 0.3 is 5.97 Å². The molecule has 0 radical (unpaired) electrons. The van der Waals surface area contributed by atoms with E-state index in [1.54, 1.807) is 0 Å². The van der Waals surface area contributed by atoms with Gasteiger partial charge in [0.1, 0.15) is 5.78 Å². The molecule has 4 rings (SSSR count). The van der Waals surface area contributed by atoms with E-state index in [1.165, 1.54) is 7.11 Å². The van der Waals surface area contributed by atoms with Crippen molar-refractivity contribution < 1.29 is 19.4 Å². The number of ketones is 1. The van der Waals surface area contributed by atoms with Gasteiger partial charge < -0.3 is 9.84 Å². The third-order valence-corrected chi connectivity index (χ3v) is 10.0. The van der Waals surface area contributed by atoms with Crippen LogP contribution in [0.3, 0.4) is 0 Å². The van der Waals surface area contributed by atoms with Gasteiger partial charge in [0.15, 0.2) is 0 Å². The summed E-state index contributed by atoms with van der Waals surface area (Å²) < 4.78 is 4.93. The molecular formula is C23H36O4. The summed E-state index contributed by atoms with van der Waals surface area (Å²) in [6, 6.07) is 0. The van der Waals surface area contributed by atoms with E-state index in [2.05, 4.69) is 13.8 Å². The number of ether oxygens (including phenoxy) is 1. The number of fused-ring (bicyclic) bond motifs is 2. The van der Waals surface area contributed by atoms with Crippen LogP contribution in [-0.2, 0) is 14.3 Å². The fourth-order valence-electron chi connectivity index (χ4n) is 8.45. The van der Waals surface area contributed by atoms with Crippen LogP contribution in [0, 0.1) is 33.5 Å². The molecule has 4 nitrogen and oxygen atoms in total. The van der Waals surface area contributed by atoms with Crippen molar-refractivity contribution in [2.75, 3.05) is 7.11 Å². The van der Waals surface area contributed by atoms with Crippen LogP contribution in [-0.4, -0.2) is 29.6 Å². The molecule has 0 unspecified atom stereocenters. The molecule has 152 valence electrons. The molecule has 0 amide bonds. The number of Topliss-reactive ketones (excluding diaryl/α,β-unsaturated/α-hetero) is 1. The van der Waals surface area contributed by atoms with Crippen LogP contribution in [0.25, 0.3) is 0 Å². The fourth-order valence-corrected chi connectivity index (χ4v) is 8.45. The Hall–Kier alpha value is -0.900. The molecule has 1 N–H and O–H groups in total. The number of hydrogen-bond donors (Lipinski definition) is 1. The van der Waals surface area contributed by atoms with E-state index in [9.17, 15) is 14.7 Å². The van der Waals surface area contributed by atoms with E-state index in [4.69, 9.17) is 4.74 Å². The Balaban J connectivity index is 1.72. The highest BCUT2D eigenvalue weighted by atomic mass is 16.5. The molecule has 4 aliphatic rings. The van der Waals surface area contributed by atoms with Gasteiger partial charge in [-0.25, -0.2) is 0 Å². The second kappa shape index (κ2) is 5.58. The molecule has 0 saturated heterocycles. The first-order valence-electron chi connectivity index (χ1n) is 10.8. The van der Waals surface area contributed by atoms with Crippen molar-refractivity contribution >= 4 is 11.8 Å². The molecule has 0 aliphatic heterocycles. The number of carbonyl (C=O) groups is 2. The minimum Gasteiger partial charge on any atom is -0.469 e. The van der Waals surface area contributed by atoms with E-state index in [0.29, 0.717) is 18.1 Å². The van der Waals surface area contributed by atoms with E-state index < -0.39 is 5.60 Å². The van der Waals surface area contributed by atoms with E-state index in [1.807, 2.05) is 13.8 Å². The lowest BCUT2D eigenvalue weighted by atomic mass is 9.45. The molecular weight excluding hydrogens is 340 g/mol. The van der Waals surface area contributed by atoms with Gasteiger partial charge in [0.25, 0.3) is 0 Å². The molecule has 6 atom stereocenters. The highest BCUT2D eigenvalue weighted by Crippen LogP contribution is 2.86. The minimum absolute atomic E-state index is 0.0261. The first-order valence-corrected chi connectivity index (χ1v) is 10.8. The van der Waals surface area contributed by atoms with E-state index in [0.717, 1.165) is 51.4 Å². The van der Waals surface area contributed by atoms with Crippen LogP contribution in [0.1, 0.15) is 85.5 Å². The summed E-state index contributed by atoms with van der Waals surface area (Å²) in [4.78, 5) is 24.7. The molecule has 4 saturated carbocycles. The van der Waals surface area contributed by atoms with Crippen LogP contribution < -0.4 is 0 Å². The molecule has 0 bridgehead atoms. The Morgan fingerprint density at radius 3 is 2.56 bits per heavy atom. The lowest BCUT2D eigenvalue weighted by Crippen LogP contribution is -2.55. The molecule has 0 aromatic carbocycles. The summed E-state index contributed by atoms with van der Waals surface area (Å²) in [6.45, 7) is 8.47. The zero-order chi connectivity index (χ0) is 19.9. The maximum absolute atomic E-state index is 12.8. The molecule has 0 heterocycles. The van der Waals surface area contributed by atoms with Gasteiger partial charge in [-0.3, -0.25) is 9.59 Å². The van der Waals surface area contributed by atoms with Gasteiger partial charge in [-0.15, -0.1) is 0 Å². The fraction of sp³-hybridized carbons (Fsp3) is 0.913. The predicted octanol–water partition coefficient (Wildman–Crippen LogP) is 4.28. The molecule has 27 heavy (non-hydrogen) atoms. The third-order valence-electron chi connectivity index (χ3n) is 10.0. The summed E-state index contributed by atoms with van der Waals surface area (Å²) in [5.74, 6) is 1.07. The van der Waals surface area contributed by atoms with Gasteiger partial charge in [-0.1, -0.05) is 13.8 Å². The second-order valence-electron chi connectivity index (χ2n) is 11.1. The van der Waals surface area contributed by atoms with Crippen molar-refractivity contribution in [2.24, 2.45) is 33.5 Å². The number of esters is 1. The van der Waals surface area contributed by atoms with Crippen molar-refractivity contribution in [1.82, 2.24) is 0 Å². The van der Waals surface area contributed by atoms with Crippen LogP contribution >= 0.6 is 0 Å². The van der Waals surface area contributed by atoms with Gasteiger partial charge in [-0.2, -0.15) is 0 Å². The zero-order valence-corrected chi connectivity index (χ0v) is 17.7. The number of methoxy groups -OCH3 is 1. The van der Waals surface area contributed by atoms with Crippen LogP contribution in [0.5, 0.6) is 0 Å². The van der Waals surface area contributed by atoms with Crippen LogP contribution in [0.4, 0.5) is 0 Å². The smallest absolute Gasteiger partial charge is 0.305 e. The van der Waals surface area contributed by atoms with E-state index >= 15 is 0 Å². The monoisotopic (exact) mass is 376 g/mol. The van der Waals surface area contributed by atoms with Gasteiger partial charge in [0.2, 0.25) is 0 Å². The maximum Gasteiger partial charge on any atom is 0.305 e. The molecule has 1 spiro atoms. The quantitative estimate of drug-likeness (QED) is 0.744. The van der Waals surface area contributed by atoms with Crippen molar-refractivity contribution in [3.05, 3.63) is 0 Å². The average molecular weight is 377 g/mol. The average Bonchev–Trinajstić information content (AvgIpc) is 3.22. The Bertz CT molecular complexity index is 678. The summed E-state index contributed by atoms with van der Waals surface area (Å²) in [7, 11) is 1.46. The second-order valence-corrected chi connectivity index (χ2v) is 11.1. The normalized spacial score (nSPS) is 48.4. The Morgan fingerprint density at radius 2 is 1.93 bits per heavy atom. The van der Waals surface area contributed by atoms with Gasteiger partial charge in [0.05, 0.1) is 12.7 Å². The predicted molar refractivity (Wildman–Crippen MR) is 103 cm³/mol. The Morgan fingerprint density at radius 1 is 1.22 bits per heavy atom. The van der Waals surface area contributed by atoms with Gasteiger partial charge in [0, 0.05) is 18.3 Å². The van der Waals surface area contributed by atoms with Crippen molar-refractivity contribution in [2.45, 2.75) is 91.1 Å². The molecule has 4 heteroatoms. The largest absolute Gasteiger partial charge is 0.469 e. The zero-order valence-electron chi connectivity index (χ0n) is 17.7. The summed E-state index contributed by atoms with van der Waals surface area (Å²) in [5.41, 5.74) is -0.625. The van der Waals surface area contributed by atoms with Gasteiger partial charge in [-0.05, 0) is 86.9 Å². The summed E-state index contributed by atoms with van der Waals surface area (Å²) in [6.07, 6.45) is 8.23. The Labute approximate surface area is 163 Å². The van der Waals surface area contributed by atoms with Crippen molar-refractivity contribution in [1.29, 1.82) is 0 Å². The lowest BCUT2D eigenvalue weighted by Gasteiger charge is -2.59. The standard InChI is InChI=1S/C23H36O4/c1-19(2,26)15-6-7-16-20(3)10-8-17(24)21(20,4)12-13-23(16)14-22(15,23)11-9-18(25)27-5/h15-16,26H,6-14H2,1-5H3/t15-,16-,20-,21+,22+,23-/m0/s1. The summed E-state index contributed by atoms with van der Waals surface area (Å²) >= 11 is 0. The molecule has 0 aromatic heterocycles. The number of aliphatic hydroxyl groups is 1. The third kappa shape index (κ3) is 2.25. The number of hydrogen-bond acceptors (Lipinski definition) is 4. The topological polar surface area (TPSA) is 63.6 Å². The van der Waals surface area contributed by atoms with Crippen molar-refractivity contribution in [3.8, 4) is 0 Å². The van der Waals surface area contributed by atoms with E-state index in [-0.39, 0.29) is 33.5 Å². The number of rotatable bonds is 4. The van der Waals surface area contributed by atoms with Crippen molar-refractivity contribution in [3.63, 3.8) is 0 Å². The SMILES string of the molecule is COC(=O)CC[C@]12C[C@]13CC[C@]1(C)C(=O)CC[C@@]1(C)[C@@H]3CC[C@H]2C(C)(C)O. The number of carbonyl (C=O) groups excluding carboxylic acids is 2. The highest BCUT2D eigenvalue weighted by Gasteiger charge is 2.81. The minimum atomic E-state index is -0.738. The summed E-state index contributed by atoms with van der Waals surface area (Å²) in [5, 5.41) is 11.0. The lowest BCUT2D eigenvalue weighted by molar-refractivity contribution is -0.154. The maximum atomic E-state index is 12.8. The Kier molecular flexibility index (Phi) is 4.02.